The maximum atomic E-state index is 10.6. The summed E-state index contributed by atoms with van der Waals surface area (Å²) in [5.41, 5.74) is 0. The van der Waals surface area contributed by atoms with E-state index >= 15 is 0 Å². The van der Waals surface area contributed by atoms with E-state index in [2.05, 4.69) is 4.98 Å². The molecular formula is C6H7N3O4S2. The number of hydrogen-bond donors (Lipinski definition) is 3. The van der Waals surface area contributed by atoms with Gasteiger partial charge >= 0.3 is 5.97 Å². The minimum atomic E-state index is -3.84. The number of carbonyl (C=O) groups is 1. The molecule has 0 aliphatic rings. The molecule has 82 valence electrons. The number of rotatable bonds is 4. The number of nitrogens with one attached hydrogen (secondary N) is 1. The summed E-state index contributed by atoms with van der Waals surface area (Å²) in [5, 5.41) is 13.1. The molecule has 0 aliphatic carbocycles. The first-order valence-electron chi connectivity index (χ1n) is 3.54. The Kier molecular flexibility index (Phi) is 3.39. The monoisotopic (exact) mass is 249 g/mol. The van der Waals surface area contributed by atoms with E-state index in [-0.39, 0.29) is 5.13 Å². The fourth-order valence-electron chi connectivity index (χ4n) is 0.686. The van der Waals surface area contributed by atoms with Crippen LogP contribution in [0, 0.1) is 0 Å². The minimum Gasteiger partial charge on any atom is -0.478 e. The van der Waals surface area contributed by atoms with Gasteiger partial charge in [-0.1, -0.05) is 11.3 Å². The van der Waals surface area contributed by atoms with Gasteiger partial charge in [-0.3, -0.25) is 0 Å². The molecule has 0 aromatic carbocycles. The highest BCUT2D eigenvalue weighted by molar-refractivity contribution is 7.90. The number of anilines is 1. The first-order chi connectivity index (χ1) is 6.87. The lowest BCUT2D eigenvalue weighted by Gasteiger charge is -1.95. The van der Waals surface area contributed by atoms with Crippen molar-refractivity contribution < 1.29 is 18.3 Å². The third-order valence-corrected chi connectivity index (χ3v) is 2.63. The Labute approximate surface area is 89.4 Å². The Hall–Kier alpha value is -1.45. The molecule has 7 nitrogen and oxygen atoms in total. The molecule has 0 saturated carbocycles. The van der Waals surface area contributed by atoms with E-state index in [9.17, 15) is 13.2 Å². The maximum absolute atomic E-state index is 10.6. The lowest BCUT2D eigenvalue weighted by molar-refractivity contribution is -0.131. The van der Waals surface area contributed by atoms with E-state index in [1.807, 2.05) is 4.72 Å². The van der Waals surface area contributed by atoms with Gasteiger partial charge in [-0.05, 0) is 6.08 Å². The smallest absolute Gasteiger partial charge is 0.328 e. The van der Waals surface area contributed by atoms with Gasteiger partial charge in [0.1, 0.15) is 0 Å². The topological polar surface area (TPSA) is 122 Å². The normalized spacial score (nSPS) is 11.8. The fraction of sp³-hybridized carbons (Fsp3) is 0. The molecular weight excluding hydrogens is 242 g/mol. The lowest BCUT2D eigenvalue weighted by atomic mass is 10.4. The molecule has 1 rings (SSSR count). The summed E-state index contributed by atoms with van der Waals surface area (Å²) in [6.45, 7) is 0. The zero-order chi connectivity index (χ0) is 11.5. The molecule has 0 atom stereocenters. The summed E-state index contributed by atoms with van der Waals surface area (Å²) in [5.74, 6) is -1.09. The van der Waals surface area contributed by atoms with Crippen LogP contribution in [-0.2, 0) is 15.0 Å². The molecule has 0 aliphatic heterocycles. The first kappa shape index (κ1) is 11.6. The van der Waals surface area contributed by atoms with Crippen LogP contribution in [0.1, 0.15) is 4.88 Å². The van der Waals surface area contributed by atoms with Gasteiger partial charge in [0.15, 0.2) is 5.13 Å². The van der Waals surface area contributed by atoms with Gasteiger partial charge in [0, 0.05) is 17.2 Å². The number of nitrogens with zero attached hydrogens (tertiary/aromatic N) is 1. The zero-order valence-electron chi connectivity index (χ0n) is 7.25. The first-order valence-corrected chi connectivity index (χ1v) is 5.90. The van der Waals surface area contributed by atoms with Crippen LogP contribution in [0.15, 0.2) is 12.3 Å². The Bertz CT molecular complexity index is 490. The van der Waals surface area contributed by atoms with E-state index in [0.717, 1.165) is 17.4 Å². The average molecular weight is 249 g/mol. The molecule has 1 aromatic heterocycles. The lowest BCUT2D eigenvalue weighted by Crippen LogP contribution is -2.21. The number of aromatic nitrogens is 1. The standard InChI is InChI=1S/C6H7N3O4S2/c7-15(12,13)9-6-8-3-4(14-6)1-2-5(10)11/h1-3H,(H,8,9)(H,10,11)(H2,7,12,13)/b2-1+. The van der Waals surface area contributed by atoms with Gasteiger partial charge in [-0.2, -0.15) is 8.42 Å². The third kappa shape index (κ3) is 4.54. The Morgan fingerprint density at radius 2 is 2.33 bits per heavy atom. The largest absolute Gasteiger partial charge is 0.478 e. The second kappa shape index (κ2) is 4.38. The summed E-state index contributed by atoms with van der Waals surface area (Å²) in [6, 6.07) is 0. The molecule has 1 heterocycles. The summed E-state index contributed by atoms with van der Waals surface area (Å²) < 4.78 is 23.2. The number of hydrogen-bond acceptors (Lipinski definition) is 5. The number of carboxylic acids is 1. The quantitative estimate of drug-likeness (QED) is 0.641. The van der Waals surface area contributed by atoms with Crippen LogP contribution in [-0.4, -0.2) is 24.5 Å². The summed E-state index contributed by atoms with van der Waals surface area (Å²) >= 11 is 0.970. The Morgan fingerprint density at radius 3 is 2.87 bits per heavy atom. The highest BCUT2D eigenvalue weighted by atomic mass is 32.2. The van der Waals surface area contributed by atoms with Crippen molar-refractivity contribution in [3.05, 3.63) is 17.2 Å². The molecule has 0 saturated heterocycles. The number of thiazole rings is 1. The van der Waals surface area contributed by atoms with E-state index in [1.54, 1.807) is 0 Å². The van der Waals surface area contributed by atoms with Crippen molar-refractivity contribution >= 4 is 38.7 Å². The van der Waals surface area contributed by atoms with Crippen molar-refractivity contribution in [3.63, 3.8) is 0 Å². The van der Waals surface area contributed by atoms with Gasteiger partial charge in [0.25, 0.3) is 10.2 Å². The van der Waals surface area contributed by atoms with Crippen molar-refractivity contribution in [1.82, 2.24) is 4.98 Å². The summed E-state index contributed by atoms with van der Waals surface area (Å²) in [7, 11) is -3.84. The summed E-state index contributed by atoms with van der Waals surface area (Å²) in [6.07, 6.45) is 3.56. The van der Waals surface area contributed by atoms with Gasteiger partial charge in [0.05, 0.1) is 0 Å². The molecule has 4 N–H and O–H groups in total. The average Bonchev–Trinajstić information content (AvgIpc) is 2.45. The predicted octanol–water partition coefficient (Wildman–Crippen LogP) is -0.144. The SMILES string of the molecule is NS(=O)(=O)Nc1ncc(/C=C/C(=O)O)s1. The Balaban J connectivity index is 2.77. The van der Waals surface area contributed by atoms with E-state index < -0.39 is 16.2 Å². The van der Waals surface area contributed by atoms with Crippen LogP contribution in [0.25, 0.3) is 6.08 Å². The molecule has 0 bridgehead atoms. The predicted molar refractivity (Wildman–Crippen MR) is 55.5 cm³/mol. The maximum Gasteiger partial charge on any atom is 0.328 e. The number of aliphatic carboxylic acids is 1. The van der Waals surface area contributed by atoms with Gasteiger partial charge in [0.2, 0.25) is 0 Å². The molecule has 15 heavy (non-hydrogen) atoms. The molecule has 0 amide bonds. The number of carboxylic acid groups (broad SMARTS) is 1. The Morgan fingerprint density at radius 1 is 1.67 bits per heavy atom. The van der Waals surface area contributed by atoms with Crippen molar-refractivity contribution in [1.29, 1.82) is 0 Å². The molecule has 0 unspecified atom stereocenters. The van der Waals surface area contributed by atoms with Crippen LogP contribution in [0.2, 0.25) is 0 Å². The van der Waals surface area contributed by atoms with Crippen LogP contribution in [0.3, 0.4) is 0 Å². The van der Waals surface area contributed by atoms with Gasteiger partial charge in [-0.15, -0.1) is 0 Å². The van der Waals surface area contributed by atoms with Crippen LogP contribution >= 0.6 is 11.3 Å². The van der Waals surface area contributed by atoms with Crippen LogP contribution in [0.5, 0.6) is 0 Å². The molecule has 0 fully saturated rings. The van der Waals surface area contributed by atoms with Crippen molar-refractivity contribution in [2.45, 2.75) is 0 Å². The highest BCUT2D eigenvalue weighted by Gasteiger charge is 2.05. The van der Waals surface area contributed by atoms with Crippen molar-refractivity contribution in [2.75, 3.05) is 4.72 Å². The summed E-state index contributed by atoms with van der Waals surface area (Å²) in [4.78, 5) is 14.4. The minimum absolute atomic E-state index is 0.0857. The van der Waals surface area contributed by atoms with E-state index in [0.29, 0.717) is 4.88 Å². The molecule has 0 spiro atoms. The highest BCUT2D eigenvalue weighted by Crippen LogP contribution is 2.19. The van der Waals surface area contributed by atoms with Crippen molar-refractivity contribution in [2.24, 2.45) is 5.14 Å². The second-order valence-corrected chi connectivity index (χ2v) is 4.74. The van der Waals surface area contributed by atoms with Crippen molar-refractivity contribution in [3.8, 4) is 0 Å². The molecule has 1 aromatic rings. The second-order valence-electron chi connectivity index (χ2n) is 2.39. The fourth-order valence-corrected chi connectivity index (χ4v) is 2.07. The van der Waals surface area contributed by atoms with Crippen LogP contribution < -0.4 is 9.86 Å². The van der Waals surface area contributed by atoms with E-state index in [4.69, 9.17) is 10.2 Å². The zero-order valence-corrected chi connectivity index (χ0v) is 8.88. The van der Waals surface area contributed by atoms with Gasteiger partial charge in [-0.25, -0.2) is 19.6 Å². The van der Waals surface area contributed by atoms with E-state index in [1.165, 1.54) is 12.3 Å². The van der Waals surface area contributed by atoms with Crippen LogP contribution in [0.4, 0.5) is 5.13 Å². The van der Waals surface area contributed by atoms with Gasteiger partial charge < -0.3 is 5.11 Å². The third-order valence-electron chi connectivity index (χ3n) is 1.14. The molecule has 9 heteroatoms. The molecule has 0 radical (unpaired) electrons. The number of nitrogens with two attached hydrogens (primary N) is 1.